The Morgan fingerprint density at radius 2 is 1.67 bits per heavy atom. The summed E-state index contributed by atoms with van der Waals surface area (Å²) in [5, 5.41) is 10.5. The van der Waals surface area contributed by atoms with Crippen LogP contribution in [0, 0.1) is 0 Å². The van der Waals surface area contributed by atoms with Gasteiger partial charge in [-0.1, -0.05) is 31.9 Å². The second kappa shape index (κ2) is 10.7. The molecule has 212 valence electrons. The van der Waals surface area contributed by atoms with Crippen LogP contribution in [0.4, 0.5) is 5.00 Å². The molecule has 1 aromatic carbocycles. The van der Waals surface area contributed by atoms with Crippen LogP contribution in [0.5, 0.6) is 0 Å². The highest BCUT2D eigenvalue weighted by atomic mass is 32.1. The number of unbranched alkanes of at least 4 members (excludes halogenated alkanes) is 2. The molecule has 1 fully saturated rings. The number of hydrogen-bond donors (Lipinski definition) is 3. The number of nitrogens with one attached hydrogen (secondary N) is 3. The first-order chi connectivity index (χ1) is 18.1. The van der Waals surface area contributed by atoms with Crippen LogP contribution in [-0.2, 0) is 21.3 Å². The minimum Gasteiger partial charge on any atom is -0.399 e. The van der Waals surface area contributed by atoms with E-state index in [9.17, 15) is 9.59 Å². The highest BCUT2D eigenvalue weighted by molar-refractivity contribution is 7.17. The van der Waals surface area contributed by atoms with Gasteiger partial charge in [-0.3, -0.25) is 9.59 Å². The van der Waals surface area contributed by atoms with Crippen LogP contribution in [0.1, 0.15) is 113 Å². The van der Waals surface area contributed by atoms with Crippen molar-refractivity contribution >= 4 is 40.7 Å². The van der Waals surface area contributed by atoms with Crippen LogP contribution in [0.15, 0.2) is 24.3 Å². The summed E-state index contributed by atoms with van der Waals surface area (Å²) in [6.07, 6.45) is 3.78. The van der Waals surface area contributed by atoms with Crippen molar-refractivity contribution in [3.05, 3.63) is 45.8 Å². The summed E-state index contributed by atoms with van der Waals surface area (Å²) in [5.41, 5.74) is 1.41. The average molecular weight is 554 g/mol. The molecule has 0 atom stereocenters. The molecule has 2 aliphatic heterocycles. The van der Waals surface area contributed by atoms with Gasteiger partial charge in [0.05, 0.1) is 16.8 Å². The fourth-order valence-corrected chi connectivity index (χ4v) is 6.77. The van der Waals surface area contributed by atoms with Crippen molar-refractivity contribution in [1.82, 2.24) is 10.6 Å². The number of hydrogen-bond acceptors (Lipinski definition) is 6. The molecule has 3 heterocycles. The maximum atomic E-state index is 13.6. The molecule has 0 saturated carbocycles. The molecular weight excluding hydrogens is 509 g/mol. The Morgan fingerprint density at radius 1 is 1.00 bits per heavy atom. The molecule has 7 nitrogen and oxygen atoms in total. The average Bonchev–Trinajstić information content (AvgIpc) is 3.28. The molecule has 1 saturated heterocycles. The van der Waals surface area contributed by atoms with E-state index in [4.69, 9.17) is 9.31 Å². The summed E-state index contributed by atoms with van der Waals surface area (Å²) >= 11 is 1.49. The number of carbonyl (C=O) groups is 2. The van der Waals surface area contributed by atoms with Crippen LogP contribution in [-0.4, -0.2) is 42.2 Å². The molecule has 4 rings (SSSR count). The summed E-state index contributed by atoms with van der Waals surface area (Å²) in [4.78, 5) is 28.2. The zero-order valence-corrected chi connectivity index (χ0v) is 25.8. The SMILES string of the molecule is CCCCCNC(=O)c1c(NC(=O)c2cccc(B3OC(C)(C)C(C)(C)O3)c2)sc2c1CC(C)(C)NC2(C)C. The molecule has 2 amide bonds. The quantitative estimate of drug-likeness (QED) is 0.302. The number of carbonyl (C=O) groups excluding carboxylic acids is 2. The number of amides is 2. The standard InChI is InChI=1S/C30H44BN3O4S/c1-10-11-12-16-32-25(36)22-21-18-27(2,3)34-28(4,5)23(21)39-26(22)33-24(35)19-14-13-15-20(17-19)31-37-29(6,7)30(8,9)38-31/h13-15,17,34H,10-12,16,18H2,1-9H3,(H,32,36)(H,33,35). The van der Waals surface area contributed by atoms with Gasteiger partial charge in [0.1, 0.15) is 5.00 Å². The predicted octanol–water partition coefficient (Wildman–Crippen LogP) is 5.38. The van der Waals surface area contributed by atoms with E-state index < -0.39 is 18.3 Å². The van der Waals surface area contributed by atoms with Crippen molar-refractivity contribution in [3.8, 4) is 0 Å². The Kier molecular flexibility index (Phi) is 8.14. The van der Waals surface area contributed by atoms with Gasteiger partial charge in [-0.15, -0.1) is 11.3 Å². The van der Waals surface area contributed by atoms with Crippen LogP contribution in [0.25, 0.3) is 0 Å². The summed E-state index contributed by atoms with van der Waals surface area (Å²) in [6, 6.07) is 7.33. The molecule has 9 heteroatoms. The molecule has 0 unspecified atom stereocenters. The zero-order valence-electron chi connectivity index (χ0n) is 25.0. The molecule has 3 N–H and O–H groups in total. The Bertz CT molecular complexity index is 1230. The number of fused-ring (bicyclic) bond motifs is 1. The summed E-state index contributed by atoms with van der Waals surface area (Å²) in [5.74, 6) is -0.393. The molecule has 1 aromatic heterocycles. The topological polar surface area (TPSA) is 88.7 Å². The van der Waals surface area contributed by atoms with E-state index in [1.54, 1.807) is 6.07 Å². The first-order valence-corrected chi connectivity index (χ1v) is 14.9. The van der Waals surface area contributed by atoms with E-state index in [2.05, 4.69) is 50.6 Å². The second-order valence-corrected chi connectivity index (χ2v) is 14.1. The monoisotopic (exact) mass is 553 g/mol. The molecule has 0 bridgehead atoms. The van der Waals surface area contributed by atoms with Gasteiger partial charge in [0.2, 0.25) is 0 Å². The zero-order chi connectivity index (χ0) is 28.8. The summed E-state index contributed by atoms with van der Waals surface area (Å²) in [7, 11) is -0.560. The van der Waals surface area contributed by atoms with Crippen molar-refractivity contribution in [2.45, 2.75) is 110 Å². The Labute approximate surface area is 238 Å². The van der Waals surface area contributed by atoms with E-state index in [-0.39, 0.29) is 22.9 Å². The number of benzene rings is 1. The van der Waals surface area contributed by atoms with Gasteiger partial charge in [0.25, 0.3) is 11.8 Å². The smallest absolute Gasteiger partial charge is 0.399 e. The van der Waals surface area contributed by atoms with Crippen molar-refractivity contribution < 1.29 is 18.9 Å². The van der Waals surface area contributed by atoms with Crippen molar-refractivity contribution in [2.75, 3.05) is 11.9 Å². The lowest BCUT2D eigenvalue weighted by atomic mass is 9.78. The van der Waals surface area contributed by atoms with Crippen LogP contribution >= 0.6 is 11.3 Å². The van der Waals surface area contributed by atoms with Crippen LogP contribution in [0.3, 0.4) is 0 Å². The van der Waals surface area contributed by atoms with Gasteiger partial charge in [-0.25, -0.2) is 0 Å². The van der Waals surface area contributed by atoms with Gasteiger partial charge >= 0.3 is 7.12 Å². The molecular formula is C30H44BN3O4S. The number of thiophene rings is 1. The maximum Gasteiger partial charge on any atom is 0.494 e. The third-order valence-corrected chi connectivity index (χ3v) is 9.51. The van der Waals surface area contributed by atoms with Gasteiger partial charge in [-0.05, 0) is 91.4 Å². The van der Waals surface area contributed by atoms with E-state index >= 15 is 0 Å². The molecule has 2 aromatic rings. The van der Waals surface area contributed by atoms with E-state index in [0.717, 1.165) is 35.2 Å². The van der Waals surface area contributed by atoms with Gasteiger partial charge < -0.3 is 25.3 Å². The largest absolute Gasteiger partial charge is 0.494 e. The predicted molar refractivity (Wildman–Crippen MR) is 160 cm³/mol. The summed E-state index contributed by atoms with van der Waals surface area (Å²) in [6.45, 7) is 19.4. The van der Waals surface area contributed by atoms with Gasteiger partial charge in [0.15, 0.2) is 0 Å². The Balaban J connectivity index is 1.64. The lowest BCUT2D eigenvalue weighted by Gasteiger charge is -2.42. The van der Waals surface area contributed by atoms with Gasteiger partial charge in [0, 0.05) is 28.1 Å². The fraction of sp³-hybridized carbons (Fsp3) is 0.600. The second-order valence-electron chi connectivity index (χ2n) is 13.1. The normalized spacial score (nSPS) is 20.4. The fourth-order valence-electron chi connectivity index (χ4n) is 5.50. The van der Waals surface area contributed by atoms with Gasteiger partial charge in [-0.2, -0.15) is 0 Å². The number of rotatable bonds is 8. The number of anilines is 1. The summed E-state index contributed by atoms with van der Waals surface area (Å²) < 4.78 is 12.4. The maximum absolute atomic E-state index is 13.6. The minimum absolute atomic E-state index is 0.127. The lowest BCUT2D eigenvalue weighted by Crippen LogP contribution is -2.55. The van der Waals surface area contributed by atoms with E-state index in [0.29, 0.717) is 29.1 Å². The first-order valence-electron chi connectivity index (χ1n) is 14.1. The van der Waals surface area contributed by atoms with Crippen molar-refractivity contribution in [1.29, 1.82) is 0 Å². The van der Waals surface area contributed by atoms with Crippen molar-refractivity contribution in [2.24, 2.45) is 0 Å². The van der Waals surface area contributed by atoms with Crippen LogP contribution < -0.4 is 21.4 Å². The third kappa shape index (κ3) is 6.11. The van der Waals surface area contributed by atoms with E-state index in [1.807, 2.05) is 45.9 Å². The Hall–Kier alpha value is -2.20. The lowest BCUT2D eigenvalue weighted by molar-refractivity contribution is 0.00578. The molecule has 2 aliphatic rings. The first kappa shape index (κ1) is 29.8. The highest BCUT2D eigenvalue weighted by Gasteiger charge is 2.51. The highest BCUT2D eigenvalue weighted by Crippen LogP contribution is 2.45. The minimum atomic E-state index is -0.560. The molecule has 0 spiro atoms. The Morgan fingerprint density at radius 3 is 2.31 bits per heavy atom. The molecule has 39 heavy (non-hydrogen) atoms. The van der Waals surface area contributed by atoms with Crippen LogP contribution in [0.2, 0.25) is 0 Å². The molecule has 0 radical (unpaired) electrons. The molecule has 0 aliphatic carbocycles. The third-order valence-electron chi connectivity index (χ3n) is 8.04. The van der Waals surface area contributed by atoms with Crippen molar-refractivity contribution in [3.63, 3.8) is 0 Å². The van der Waals surface area contributed by atoms with E-state index in [1.165, 1.54) is 11.3 Å².